The number of hydrogen-bond donors (Lipinski definition) is 1. The highest BCUT2D eigenvalue weighted by Crippen LogP contribution is 2.21. The second-order valence-electron chi connectivity index (χ2n) is 5.15. The zero-order valence-corrected chi connectivity index (χ0v) is 11.4. The third-order valence-electron chi connectivity index (χ3n) is 3.85. The van der Waals surface area contributed by atoms with Crippen molar-refractivity contribution in [3.05, 3.63) is 35.4 Å². The number of nitrogens with zero attached hydrogens (tertiary/aromatic N) is 1. The van der Waals surface area contributed by atoms with E-state index in [1.807, 2.05) is 0 Å². The summed E-state index contributed by atoms with van der Waals surface area (Å²) in [7, 11) is 2.19. The van der Waals surface area contributed by atoms with Gasteiger partial charge in [-0.2, -0.15) is 0 Å². The van der Waals surface area contributed by atoms with Crippen LogP contribution in [0, 0.1) is 0 Å². The van der Waals surface area contributed by atoms with Crippen LogP contribution in [-0.4, -0.2) is 37.2 Å². The molecule has 100 valence electrons. The van der Waals surface area contributed by atoms with Gasteiger partial charge in [0.2, 0.25) is 0 Å². The fraction of sp³-hybridized carbons (Fsp3) is 0.600. The molecule has 0 aliphatic carbocycles. The maximum atomic E-state index is 5.67. The van der Waals surface area contributed by atoms with E-state index < -0.39 is 0 Å². The summed E-state index contributed by atoms with van der Waals surface area (Å²) in [5.74, 6) is 0. The molecule has 1 fully saturated rings. The normalized spacial score (nSPS) is 23.8. The molecular formula is C15H24N2O. The van der Waals surface area contributed by atoms with Crippen molar-refractivity contribution in [2.75, 3.05) is 20.2 Å². The molecular weight excluding hydrogens is 224 g/mol. The first-order chi connectivity index (χ1) is 8.72. The average Bonchev–Trinajstić information content (AvgIpc) is 2.78. The van der Waals surface area contributed by atoms with Gasteiger partial charge in [0.25, 0.3) is 0 Å². The van der Waals surface area contributed by atoms with Crippen LogP contribution in [0.15, 0.2) is 24.3 Å². The summed E-state index contributed by atoms with van der Waals surface area (Å²) in [6.07, 6.45) is 2.44. The van der Waals surface area contributed by atoms with Crippen molar-refractivity contribution in [1.82, 2.24) is 4.90 Å². The first kappa shape index (κ1) is 13.5. The molecule has 3 heteroatoms. The Balaban J connectivity index is 2.04. The van der Waals surface area contributed by atoms with Gasteiger partial charge in [-0.3, -0.25) is 4.90 Å². The van der Waals surface area contributed by atoms with Crippen LogP contribution in [-0.2, 0) is 17.7 Å². The number of benzene rings is 1. The molecule has 2 rings (SSSR count). The molecule has 18 heavy (non-hydrogen) atoms. The maximum absolute atomic E-state index is 5.67. The third-order valence-corrected chi connectivity index (χ3v) is 3.85. The molecule has 3 nitrogen and oxygen atoms in total. The molecule has 0 aromatic heterocycles. The van der Waals surface area contributed by atoms with Crippen LogP contribution in [0.5, 0.6) is 0 Å². The Morgan fingerprint density at radius 3 is 2.67 bits per heavy atom. The lowest BCUT2D eigenvalue weighted by Crippen LogP contribution is -2.36. The molecule has 2 atom stereocenters. The molecule has 1 aliphatic heterocycles. The topological polar surface area (TPSA) is 38.5 Å². The summed E-state index contributed by atoms with van der Waals surface area (Å²) in [5, 5.41) is 0. The number of nitrogens with two attached hydrogens (primary N) is 1. The molecule has 1 aromatic carbocycles. The fourth-order valence-corrected chi connectivity index (χ4v) is 2.80. The third kappa shape index (κ3) is 3.10. The monoisotopic (exact) mass is 248 g/mol. The van der Waals surface area contributed by atoms with E-state index in [-0.39, 0.29) is 0 Å². The van der Waals surface area contributed by atoms with E-state index in [0.717, 1.165) is 26.0 Å². The summed E-state index contributed by atoms with van der Waals surface area (Å²) >= 11 is 0. The second-order valence-corrected chi connectivity index (χ2v) is 5.15. The number of ether oxygens (including phenoxy) is 1. The van der Waals surface area contributed by atoms with Crippen molar-refractivity contribution in [3.8, 4) is 0 Å². The van der Waals surface area contributed by atoms with Gasteiger partial charge in [0.1, 0.15) is 0 Å². The Morgan fingerprint density at radius 1 is 1.33 bits per heavy atom. The summed E-state index contributed by atoms with van der Waals surface area (Å²) in [4.78, 5) is 2.41. The Morgan fingerprint density at radius 2 is 2.06 bits per heavy atom. The minimum absolute atomic E-state index is 0.344. The lowest BCUT2D eigenvalue weighted by Gasteiger charge is -2.27. The largest absolute Gasteiger partial charge is 0.377 e. The van der Waals surface area contributed by atoms with Gasteiger partial charge >= 0.3 is 0 Å². The van der Waals surface area contributed by atoms with E-state index in [0.29, 0.717) is 18.7 Å². The Labute approximate surface area is 110 Å². The predicted octanol–water partition coefficient (Wildman–Crippen LogP) is 1.80. The van der Waals surface area contributed by atoms with Crippen LogP contribution in [0.2, 0.25) is 0 Å². The lowest BCUT2D eigenvalue weighted by atomic mass is 10.0. The summed E-state index contributed by atoms with van der Waals surface area (Å²) in [6, 6.07) is 9.14. The highest BCUT2D eigenvalue weighted by atomic mass is 16.5. The molecule has 1 aliphatic rings. The molecule has 0 amide bonds. The smallest absolute Gasteiger partial charge is 0.0703 e. The van der Waals surface area contributed by atoms with E-state index in [2.05, 4.69) is 43.1 Å². The van der Waals surface area contributed by atoms with Crippen LogP contribution in [0.3, 0.4) is 0 Å². The van der Waals surface area contributed by atoms with Crippen molar-refractivity contribution < 1.29 is 4.74 Å². The first-order valence-electron chi connectivity index (χ1n) is 6.81. The molecule has 2 unspecified atom stereocenters. The SMILES string of the molecule is CC1OCCC1N(C)Cc1ccccc1CCN. The van der Waals surface area contributed by atoms with E-state index in [1.54, 1.807) is 0 Å². The lowest BCUT2D eigenvalue weighted by molar-refractivity contribution is 0.0813. The van der Waals surface area contributed by atoms with Crippen LogP contribution in [0.25, 0.3) is 0 Å². The second kappa shape index (κ2) is 6.32. The zero-order valence-electron chi connectivity index (χ0n) is 11.4. The van der Waals surface area contributed by atoms with Crippen molar-refractivity contribution in [2.24, 2.45) is 5.73 Å². The fourth-order valence-electron chi connectivity index (χ4n) is 2.80. The molecule has 0 bridgehead atoms. The zero-order chi connectivity index (χ0) is 13.0. The molecule has 0 saturated carbocycles. The maximum Gasteiger partial charge on any atom is 0.0703 e. The van der Waals surface area contributed by atoms with Crippen molar-refractivity contribution in [3.63, 3.8) is 0 Å². The Bertz CT molecular complexity index is 381. The van der Waals surface area contributed by atoms with Crippen LogP contribution >= 0.6 is 0 Å². The quantitative estimate of drug-likeness (QED) is 0.863. The van der Waals surface area contributed by atoms with Crippen LogP contribution in [0.4, 0.5) is 0 Å². The highest BCUT2D eigenvalue weighted by molar-refractivity contribution is 5.27. The van der Waals surface area contributed by atoms with Gasteiger partial charge in [0.05, 0.1) is 6.10 Å². The molecule has 1 aromatic rings. The van der Waals surface area contributed by atoms with Gasteiger partial charge in [-0.15, -0.1) is 0 Å². The molecule has 0 radical (unpaired) electrons. The van der Waals surface area contributed by atoms with E-state index in [9.17, 15) is 0 Å². The minimum Gasteiger partial charge on any atom is -0.377 e. The molecule has 1 saturated heterocycles. The van der Waals surface area contributed by atoms with Gasteiger partial charge in [0.15, 0.2) is 0 Å². The minimum atomic E-state index is 0.344. The summed E-state index contributed by atoms with van der Waals surface area (Å²) in [5.41, 5.74) is 8.44. The first-order valence-corrected chi connectivity index (χ1v) is 6.81. The van der Waals surface area contributed by atoms with Crippen LogP contribution in [0.1, 0.15) is 24.5 Å². The number of rotatable bonds is 5. The highest BCUT2D eigenvalue weighted by Gasteiger charge is 2.27. The molecule has 2 N–H and O–H groups in total. The van der Waals surface area contributed by atoms with Crippen molar-refractivity contribution >= 4 is 0 Å². The average molecular weight is 248 g/mol. The van der Waals surface area contributed by atoms with Gasteiger partial charge < -0.3 is 10.5 Å². The van der Waals surface area contributed by atoms with E-state index in [1.165, 1.54) is 11.1 Å². The van der Waals surface area contributed by atoms with Gasteiger partial charge in [-0.05, 0) is 44.5 Å². The molecule has 0 spiro atoms. The Kier molecular flexibility index (Phi) is 4.75. The van der Waals surface area contributed by atoms with Crippen molar-refractivity contribution in [2.45, 2.75) is 38.5 Å². The van der Waals surface area contributed by atoms with Crippen LogP contribution < -0.4 is 5.73 Å². The summed E-state index contributed by atoms with van der Waals surface area (Å²) < 4.78 is 5.64. The van der Waals surface area contributed by atoms with Gasteiger partial charge in [0, 0.05) is 19.2 Å². The van der Waals surface area contributed by atoms with E-state index >= 15 is 0 Å². The van der Waals surface area contributed by atoms with Gasteiger partial charge in [-0.25, -0.2) is 0 Å². The van der Waals surface area contributed by atoms with Gasteiger partial charge in [-0.1, -0.05) is 24.3 Å². The van der Waals surface area contributed by atoms with Crippen molar-refractivity contribution in [1.29, 1.82) is 0 Å². The van der Waals surface area contributed by atoms with E-state index in [4.69, 9.17) is 10.5 Å². The standard InChI is InChI=1S/C15H24N2O/c1-12-15(8-10-18-12)17(2)11-14-6-4-3-5-13(14)7-9-16/h3-6,12,15H,7-11,16H2,1-2H3. The summed E-state index contributed by atoms with van der Waals surface area (Å²) in [6.45, 7) is 4.75. The molecule has 1 heterocycles. The predicted molar refractivity (Wildman–Crippen MR) is 74.5 cm³/mol. The number of likely N-dealkylation sites (N-methyl/N-ethyl adjacent to an activating group) is 1. The number of hydrogen-bond acceptors (Lipinski definition) is 3. The Hall–Kier alpha value is -0.900.